The highest BCUT2D eigenvalue weighted by molar-refractivity contribution is 5.93. The molecule has 0 atom stereocenters. The second kappa shape index (κ2) is 5.48. The maximum atomic E-state index is 12.0. The Hall–Kier alpha value is -1.43. The Kier molecular flexibility index (Phi) is 3.96. The highest BCUT2D eigenvalue weighted by atomic mass is 16.5. The zero-order valence-electron chi connectivity index (χ0n) is 11.0. The monoisotopic (exact) mass is 252 g/mol. The van der Waals surface area contributed by atoms with Gasteiger partial charge in [0.2, 0.25) is 0 Å². The van der Waals surface area contributed by atoms with Crippen LogP contribution in [0.3, 0.4) is 0 Å². The van der Waals surface area contributed by atoms with Crippen LogP contribution in [0.4, 0.5) is 0 Å². The van der Waals surface area contributed by atoms with Crippen molar-refractivity contribution in [3.05, 3.63) is 11.4 Å². The minimum Gasteiger partial charge on any atom is -0.384 e. The molecule has 2 N–H and O–H groups in total. The van der Waals surface area contributed by atoms with Crippen molar-refractivity contribution in [1.82, 2.24) is 20.7 Å². The zero-order chi connectivity index (χ0) is 13.0. The van der Waals surface area contributed by atoms with Gasteiger partial charge in [-0.1, -0.05) is 12.8 Å². The van der Waals surface area contributed by atoms with Gasteiger partial charge >= 0.3 is 0 Å². The van der Waals surface area contributed by atoms with Crippen LogP contribution < -0.4 is 5.32 Å². The van der Waals surface area contributed by atoms with Crippen LogP contribution in [0.2, 0.25) is 0 Å². The molecule has 1 amide bonds. The lowest BCUT2D eigenvalue weighted by atomic mass is 9.87. The number of ether oxygens (including phenoxy) is 1. The molecule has 1 aromatic rings. The van der Waals surface area contributed by atoms with Gasteiger partial charge in [0, 0.05) is 19.1 Å². The first kappa shape index (κ1) is 13.0. The van der Waals surface area contributed by atoms with Gasteiger partial charge in [-0.15, -0.1) is 0 Å². The molecule has 0 aromatic carbocycles. The molecule has 2 rings (SSSR count). The van der Waals surface area contributed by atoms with E-state index < -0.39 is 0 Å². The Labute approximate surface area is 106 Å². The molecule has 1 aliphatic carbocycles. The van der Waals surface area contributed by atoms with Crippen LogP contribution in [-0.2, 0) is 4.74 Å². The fourth-order valence-electron chi connectivity index (χ4n) is 2.65. The molecule has 0 aliphatic heterocycles. The summed E-state index contributed by atoms with van der Waals surface area (Å²) in [6, 6.07) is 0. The smallest absolute Gasteiger partial charge is 0.273 e. The Balaban J connectivity index is 1.94. The topological polar surface area (TPSA) is 79.9 Å². The van der Waals surface area contributed by atoms with E-state index in [2.05, 4.69) is 20.7 Å². The van der Waals surface area contributed by atoms with Gasteiger partial charge < -0.3 is 10.1 Å². The fourth-order valence-corrected chi connectivity index (χ4v) is 2.65. The number of hydrogen-bond donors (Lipinski definition) is 2. The van der Waals surface area contributed by atoms with Crippen molar-refractivity contribution in [2.45, 2.75) is 32.6 Å². The molecular formula is C12H20N4O2. The number of nitrogens with one attached hydrogen (secondary N) is 2. The Morgan fingerprint density at radius 1 is 1.44 bits per heavy atom. The van der Waals surface area contributed by atoms with E-state index in [0.717, 1.165) is 12.8 Å². The van der Waals surface area contributed by atoms with Crippen LogP contribution in [0, 0.1) is 12.3 Å². The van der Waals surface area contributed by atoms with E-state index >= 15 is 0 Å². The number of nitrogens with zero attached hydrogens (tertiary/aromatic N) is 2. The average molecular weight is 252 g/mol. The maximum Gasteiger partial charge on any atom is 0.273 e. The molecular weight excluding hydrogens is 232 g/mol. The summed E-state index contributed by atoms with van der Waals surface area (Å²) < 4.78 is 5.29. The van der Waals surface area contributed by atoms with Gasteiger partial charge in [-0.3, -0.25) is 4.79 Å². The average Bonchev–Trinajstić information content (AvgIpc) is 2.97. The minimum atomic E-state index is -0.163. The molecule has 6 nitrogen and oxygen atoms in total. The highest BCUT2D eigenvalue weighted by Crippen LogP contribution is 2.37. The Morgan fingerprint density at radius 3 is 2.72 bits per heavy atom. The molecule has 1 aromatic heterocycles. The van der Waals surface area contributed by atoms with E-state index in [0.29, 0.717) is 24.5 Å². The Morgan fingerprint density at radius 2 is 2.17 bits per heavy atom. The molecule has 6 heteroatoms. The lowest BCUT2D eigenvalue weighted by Crippen LogP contribution is -2.39. The second-order valence-corrected chi connectivity index (χ2v) is 5.08. The third-order valence-corrected chi connectivity index (χ3v) is 3.68. The summed E-state index contributed by atoms with van der Waals surface area (Å²) in [5.41, 5.74) is 1.10. The number of aryl methyl sites for hydroxylation is 1. The third-order valence-electron chi connectivity index (χ3n) is 3.68. The van der Waals surface area contributed by atoms with Crippen molar-refractivity contribution in [1.29, 1.82) is 0 Å². The van der Waals surface area contributed by atoms with E-state index in [1.54, 1.807) is 14.0 Å². The normalized spacial score (nSPS) is 17.9. The summed E-state index contributed by atoms with van der Waals surface area (Å²) in [6.07, 6.45) is 4.64. The van der Waals surface area contributed by atoms with Crippen molar-refractivity contribution in [2.24, 2.45) is 5.41 Å². The van der Waals surface area contributed by atoms with Crippen LogP contribution >= 0.6 is 0 Å². The first-order valence-electron chi connectivity index (χ1n) is 6.31. The van der Waals surface area contributed by atoms with Crippen molar-refractivity contribution in [2.75, 3.05) is 20.3 Å². The predicted octanol–water partition coefficient (Wildman–Crippen LogP) is 1.05. The quantitative estimate of drug-likeness (QED) is 0.821. The number of rotatable bonds is 5. The van der Waals surface area contributed by atoms with Crippen LogP contribution in [0.15, 0.2) is 0 Å². The maximum absolute atomic E-state index is 12.0. The van der Waals surface area contributed by atoms with Crippen LogP contribution in [-0.4, -0.2) is 41.6 Å². The molecule has 0 bridgehead atoms. The summed E-state index contributed by atoms with van der Waals surface area (Å²) in [4.78, 5) is 12.0. The first-order valence-corrected chi connectivity index (χ1v) is 6.31. The third kappa shape index (κ3) is 2.69. The molecule has 1 fully saturated rings. The standard InChI is InChI=1S/C12H20N4O2/c1-9-10(15-16-14-9)11(17)13-7-12(8-18-2)5-3-4-6-12/h3-8H2,1-2H3,(H,13,17)(H,14,15,16). The van der Waals surface area contributed by atoms with Gasteiger partial charge in [-0.05, 0) is 19.8 Å². The fraction of sp³-hybridized carbons (Fsp3) is 0.750. The summed E-state index contributed by atoms with van der Waals surface area (Å²) >= 11 is 0. The number of carbonyl (C=O) groups is 1. The van der Waals surface area contributed by atoms with E-state index in [1.807, 2.05) is 0 Å². The predicted molar refractivity (Wildman–Crippen MR) is 66.2 cm³/mol. The number of aromatic amines is 1. The van der Waals surface area contributed by atoms with E-state index in [4.69, 9.17) is 4.74 Å². The molecule has 0 saturated heterocycles. The highest BCUT2D eigenvalue weighted by Gasteiger charge is 2.34. The summed E-state index contributed by atoms with van der Waals surface area (Å²) in [5, 5.41) is 13.1. The Bertz CT molecular complexity index is 410. The number of aromatic nitrogens is 3. The SMILES string of the molecule is COCC1(CNC(=O)c2n[nH]nc2C)CCCC1. The number of hydrogen-bond acceptors (Lipinski definition) is 4. The molecule has 1 aliphatic rings. The summed E-state index contributed by atoms with van der Waals surface area (Å²) in [7, 11) is 1.71. The van der Waals surface area contributed by atoms with Crippen molar-refractivity contribution >= 4 is 5.91 Å². The first-order chi connectivity index (χ1) is 8.67. The van der Waals surface area contributed by atoms with Crippen LogP contribution in [0.5, 0.6) is 0 Å². The molecule has 0 radical (unpaired) electrons. The van der Waals surface area contributed by atoms with Crippen molar-refractivity contribution in [3.63, 3.8) is 0 Å². The van der Waals surface area contributed by atoms with Crippen molar-refractivity contribution < 1.29 is 9.53 Å². The number of amides is 1. The second-order valence-electron chi connectivity index (χ2n) is 5.08. The van der Waals surface area contributed by atoms with E-state index in [9.17, 15) is 4.79 Å². The number of H-pyrrole nitrogens is 1. The van der Waals surface area contributed by atoms with Gasteiger partial charge in [0.15, 0.2) is 5.69 Å². The number of carbonyl (C=O) groups excluding carboxylic acids is 1. The van der Waals surface area contributed by atoms with Crippen LogP contribution in [0.25, 0.3) is 0 Å². The van der Waals surface area contributed by atoms with Gasteiger partial charge in [0.05, 0.1) is 12.3 Å². The van der Waals surface area contributed by atoms with Gasteiger partial charge in [-0.2, -0.15) is 15.4 Å². The van der Waals surface area contributed by atoms with Crippen molar-refractivity contribution in [3.8, 4) is 0 Å². The molecule has 0 spiro atoms. The van der Waals surface area contributed by atoms with Gasteiger partial charge in [-0.25, -0.2) is 0 Å². The molecule has 0 unspecified atom stereocenters. The summed E-state index contributed by atoms with van der Waals surface area (Å²) in [6.45, 7) is 3.11. The van der Waals surface area contributed by atoms with E-state index in [1.165, 1.54) is 12.8 Å². The van der Waals surface area contributed by atoms with Gasteiger partial charge in [0.25, 0.3) is 5.91 Å². The summed E-state index contributed by atoms with van der Waals surface area (Å²) in [5.74, 6) is -0.163. The molecule has 1 saturated carbocycles. The largest absolute Gasteiger partial charge is 0.384 e. The molecule has 100 valence electrons. The van der Waals surface area contributed by atoms with Gasteiger partial charge in [0.1, 0.15) is 0 Å². The zero-order valence-corrected chi connectivity index (χ0v) is 11.0. The minimum absolute atomic E-state index is 0.0993. The lowest BCUT2D eigenvalue weighted by Gasteiger charge is -2.28. The molecule has 18 heavy (non-hydrogen) atoms. The van der Waals surface area contributed by atoms with Crippen LogP contribution in [0.1, 0.15) is 41.9 Å². The molecule has 1 heterocycles. The lowest BCUT2D eigenvalue weighted by molar-refractivity contribution is 0.0738. The number of methoxy groups -OCH3 is 1. The van der Waals surface area contributed by atoms with E-state index in [-0.39, 0.29) is 11.3 Å².